The zero-order valence-electron chi connectivity index (χ0n) is 11.2. The molecule has 0 aliphatic carbocycles. The van der Waals surface area contributed by atoms with E-state index < -0.39 is 0 Å². The molecule has 3 nitrogen and oxygen atoms in total. The first-order valence-electron chi connectivity index (χ1n) is 6.43. The molecule has 1 N–H and O–H groups in total. The van der Waals surface area contributed by atoms with Gasteiger partial charge in [-0.1, -0.05) is 13.8 Å². The molecule has 1 aromatic rings. The molecule has 96 valence electrons. The number of furan rings is 1. The summed E-state index contributed by atoms with van der Waals surface area (Å²) in [5.41, 5.74) is -0.0855. The fourth-order valence-electron chi connectivity index (χ4n) is 2.66. The molecule has 2 heterocycles. The molecule has 2 rings (SSSR count). The number of ether oxygens (including phenoxy) is 1. The summed E-state index contributed by atoms with van der Waals surface area (Å²) in [6, 6.07) is 4.01. The van der Waals surface area contributed by atoms with E-state index >= 15 is 0 Å². The average Bonchev–Trinajstić information content (AvgIpc) is 2.63. The molecule has 3 heteroatoms. The summed E-state index contributed by atoms with van der Waals surface area (Å²) in [7, 11) is 0. The third kappa shape index (κ3) is 3.11. The van der Waals surface area contributed by atoms with Crippen LogP contribution in [0.1, 0.15) is 44.8 Å². The van der Waals surface area contributed by atoms with Crippen molar-refractivity contribution in [1.29, 1.82) is 0 Å². The number of aryl methyl sites for hydroxylation is 1. The first kappa shape index (κ1) is 12.7. The van der Waals surface area contributed by atoms with E-state index in [1.54, 1.807) is 0 Å². The van der Waals surface area contributed by atoms with Gasteiger partial charge in [-0.15, -0.1) is 0 Å². The Morgan fingerprint density at radius 1 is 1.47 bits per heavy atom. The van der Waals surface area contributed by atoms with Crippen molar-refractivity contribution in [1.82, 2.24) is 5.32 Å². The van der Waals surface area contributed by atoms with Gasteiger partial charge in [0.25, 0.3) is 0 Å². The number of hydrogen-bond donors (Lipinski definition) is 1. The summed E-state index contributed by atoms with van der Waals surface area (Å²) >= 11 is 0. The molecule has 2 unspecified atom stereocenters. The van der Waals surface area contributed by atoms with Gasteiger partial charge in [-0.2, -0.15) is 0 Å². The van der Waals surface area contributed by atoms with E-state index in [2.05, 4.69) is 26.1 Å². The maximum absolute atomic E-state index is 6.23. The lowest BCUT2D eigenvalue weighted by Crippen LogP contribution is -2.49. The van der Waals surface area contributed by atoms with Gasteiger partial charge in [0, 0.05) is 13.1 Å². The third-order valence-corrected chi connectivity index (χ3v) is 3.17. The minimum absolute atomic E-state index is 0.0428. The first-order chi connectivity index (χ1) is 7.98. The molecule has 1 saturated heterocycles. The molecule has 0 amide bonds. The molecule has 1 aliphatic heterocycles. The average molecular weight is 237 g/mol. The Morgan fingerprint density at radius 3 is 2.82 bits per heavy atom. The Hall–Kier alpha value is -0.800. The normalized spacial score (nSPS) is 29.8. The van der Waals surface area contributed by atoms with Crippen molar-refractivity contribution >= 4 is 0 Å². The standard InChI is InChI=1S/C14H23NO2/c1-10(2)7-14(4)9-15-8-13(17-14)12-6-5-11(3)16-12/h5-6,10,13,15H,7-9H2,1-4H3. The summed E-state index contributed by atoms with van der Waals surface area (Å²) in [5.74, 6) is 2.52. The maximum atomic E-state index is 6.23. The van der Waals surface area contributed by atoms with Crippen LogP contribution in [0, 0.1) is 12.8 Å². The van der Waals surface area contributed by atoms with Gasteiger partial charge in [0.05, 0.1) is 5.60 Å². The third-order valence-electron chi connectivity index (χ3n) is 3.17. The highest BCUT2D eigenvalue weighted by atomic mass is 16.5. The molecule has 0 bridgehead atoms. The molecule has 17 heavy (non-hydrogen) atoms. The van der Waals surface area contributed by atoms with Crippen LogP contribution in [0.4, 0.5) is 0 Å². The van der Waals surface area contributed by atoms with Crippen molar-refractivity contribution in [3.63, 3.8) is 0 Å². The van der Waals surface area contributed by atoms with E-state index in [-0.39, 0.29) is 11.7 Å². The lowest BCUT2D eigenvalue weighted by atomic mass is 9.92. The van der Waals surface area contributed by atoms with Gasteiger partial charge < -0.3 is 14.5 Å². The molecule has 0 spiro atoms. The van der Waals surface area contributed by atoms with Crippen LogP contribution in [0.25, 0.3) is 0 Å². The number of hydrogen-bond acceptors (Lipinski definition) is 3. The van der Waals surface area contributed by atoms with Crippen molar-refractivity contribution in [3.05, 3.63) is 23.7 Å². The Morgan fingerprint density at radius 2 is 2.24 bits per heavy atom. The van der Waals surface area contributed by atoms with Gasteiger partial charge in [0.15, 0.2) is 0 Å². The molecule has 0 aromatic carbocycles. The highest BCUT2D eigenvalue weighted by Crippen LogP contribution is 2.32. The molecular weight excluding hydrogens is 214 g/mol. The monoisotopic (exact) mass is 237 g/mol. The molecule has 1 fully saturated rings. The fourth-order valence-corrected chi connectivity index (χ4v) is 2.66. The highest BCUT2D eigenvalue weighted by Gasteiger charge is 2.35. The Labute approximate surface area is 104 Å². The van der Waals surface area contributed by atoms with E-state index in [9.17, 15) is 0 Å². The van der Waals surface area contributed by atoms with E-state index in [1.165, 1.54) is 0 Å². The van der Waals surface area contributed by atoms with Crippen molar-refractivity contribution in [2.75, 3.05) is 13.1 Å². The van der Waals surface area contributed by atoms with Crippen molar-refractivity contribution in [3.8, 4) is 0 Å². The van der Waals surface area contributed by atoms with E-state index in [4.69, 9.17) is 9.15 Å². The predicted octanol–water partition coefficient (Wildman–Crippen LogP) is 3.05. The summed E-state index contributed by atoms with van der Waals surface area (Å²) < 4.78 is 11.9. The van der Waals surface area contributed by atoms with Crippen molar-refractivity contribution in [2.24, 2.45) is 5.92 Å². The van der Waals surface area contributed by atoms with Crippen LogP contribution < -0.4 is 5.32 Å². The van der Waals surface area contributed by atoms with Gasteiger partial charge >= 0.3 is 0 Å². The SMILES string of the molecule is Cc1ccc(C2CNCC(C)(CC(C)C)O2)o1. The van der Waals surface area contributed by atoms with E-state index in [0.29, 0.717) is 5.92 Å². The lowest BCUT2D eigenvalue weighted by molar-refractivity contribution is -0.123. The molecule has 1 aliphatic rings. The van der Waals surface area contributed by atoms with E-state index in [0.717, 1.165) is 31.0 Å². The summed E-state index contributed by atoms with van der Waals surface area (Å²) in [6.07, 6.45) is 1.11. The van der Waals surface area contributed by atoms with Gasteiger partial charge in [0.2, 0.25) is 0 Å². The van der Waals surface area contributed by atoms with Crippen LogP contribution in [0.5, 0.6) is 0 Å². The van der Waals surface area contributed by atoms with Crippen LogP contribution in [0.15, 0.2) is 16.5 Å². The van der Waals surface area contributed by atoms with Crippen LogP contribution in [-0.2, 0) is 4.74 Å². The van der Waals surface area contributed by atoms with Crippen LogP contribution in [0.3, 0.4) is 0 Å². The second kappa shape index (κ2) is 4.83. The van der Waals surface area contributed by atoms with Crippen LogP contribution in [0.2, 0.25) is 0 Å². The minimum atomic E-state index is -0.0855. The second-order valence-corrected chi connectivity index (χ2v) is 5.73. The highest BCUT2D eigenvalue weighted by molar-refractivity contribution is 5.10. The Bertz CT molecular complexity index is 372. The summed E-state index contributed by atoms with van der Waals surface area (Å²) in [5, 5.41) is 3.45. The van der Waals surface area contributed by atoms with E-state index in [1.807, 2.05) is 19.1 Å². The smallest absolute Gasteiger partial charge is 0.134 e. The summed E-state index contributed by atoms with van der Waals surface area (Å²) in [6.45, 7) is 10.4. The fraction of sp³-hybridized carbons (Fsp3) is 0.714. The first-order valence-corrected chi connectivity index (χ1v) is 6.43. The largest absolute Gasteiger partial charge is 0.464 e. The Kier molecular flexibility index (Phi) is 3.59. The number of nitrogens with one attached hydrogen (secondary N) is 1. The van der Waals surface area contributed by atoms with Gasteiger partial charge in [0.1, 0.15) is 17.6 Å². The maximum Gasteiger partial charge on any atom is 0.134 e. The summed E-state index contributed by atoms with van der Waals surface area (Å²) in [4.78, 5) is 0. The number of rotatable bonds is 3. The molecular formula is C14H23NO2. The lowest BCUT2D eigenvalue weighted by Gasteiger charge is -2.39. The predicted molar refractivity (Wildman–Crippen MR) is 68.0 cm³/mol. The minimum Gasteiger partial charge on any atom is -0.464 e. The zero-order chi connectivity index (χ0) is 12.5. The molecule has 2 atom stereocenters. The quantitative estimate of drug-likeness (QED) is 0.877. The molecule has 1 aromatic heterocycles. The Balaban J connectivity index is 2.06. The van der Waals surface area contributed by atoms with Gasteiger partial charge in [-0.05, 0) is 38.3 Å². The second-order valence-electron chi connectivity index (χ2n) is 5.73. The van der Waals surface area contributed by atoms with Crippen LogP contribution in [-0.4, -0.2) is 18.7 Å². The van der Waals surface area contributed by atoms with Crippen molar-refractivity contribution < 1.29 is 9.15 Å². The topological polar surface area (TPSA) is 34.4 Å². The van der Waals surface area contributed by atoms with Crippen molar-refractivity contribution in [2.45, 2.75) is 45.8 Å². The van der Waals surface area contributed by atoms with Gasteiger partial charge in [-0.3, -0.25) is 0 Å². The van der Waals surface area contributed by atoms with Crippen LogP contribution >= 0.6 is 0 Å². The number of morpholine rings is 1. The molecule has 0 radical (unpaired) electrons. The van der Waals surface area contributed by atoms with Gasteiger partial charge in [-0.25, -0.2) is 0 Å². The molecule has 0 saturated carbocycles. The zero-order valence-corrected chi connectivity index (χ0v) is 11.2.